The number of phenolic OH excluding ortho intramolecular Hbond substituents is 1. The summed E-state index contributed by atoms with van der Waals surface area (Å²) in [6.07, 6.45) is 5.17. The molecule has 3 rings (SSSR count). The molecule has 1 saturated carbocycles. The number of carboxylic acid groups (broad SMARTS) is 1. The smallest absolute Gasteiger partial charge is 0.314 e. The van der Waals surface area contributed by atoms with E-state index in [2.05, 4.69) is 0 Å². The van der Waals surface area contributed by atoms with Gasteiger partial charge in [-0.2, -0.15) is 0 Å². The molecule has 1 aromatic rings. The minimum absolute atomic E-state index is 0.000262. The largest absolute Gasteiger partial charge is 0.506 e. The number of rotatable bonds is 2. The molecule has 0 aliphatic heterocycles. The van der Waals surface area contributed by atoms with E-state index in [1.165, 1.54) is 0 Å². The summed E-state index contributed by atoms with van der Waals surface area (Å²) in [7, 11) is 0. The van der Waals surface area contributed by atoms with Gasteiger partial charge in [0.05, 0.1) is 10.4 Å². The fourth-order valence-corrected chi connectivity index (χ4v) is 3.73. The van der Waals surface area contributed by atoms with Gasteiger partial charge in [0.15, 0.2) is 0 Å². The lowest BCUT2D eigenvalue weighted by atomic mass is 9.81. The maximum Gasteiger partial charge on any atom is 0.314 e. The van der Waals surface area contributed by atoms with Crippen LogP contribution in [-0.2, 0) is 23.1 Å². The fraction of sp³-hybridized carbons (Fsp3) is 0.533. The Morgan fingerprint density at radius 1 is 1.21 bits per heavy atom. The number of carbonyl (C=O) groups is 1. The zero-order valence-electron chi connectivity index (χ0n) is 10.9. The van der Waals surface area contributed by atoms with Gasteiger partial charge in [-0.3, -0.25) is 4.79 Å². The molecule has 0 heterocycles. The van der Waals surface area contributed by atoms with Gasteiger partial charge in [-0.1, -0.05) is 11.6 Å². The third-order valence-electron chi connectivity index (χ3n) is 4.64. The zero-order chi connectivity index (χ0) is 13.8. The molecule has 3 nitrogen and oxygen atoms in total. The Morgan fingerprint density at radius 3 is 2.32 bits per heavy atom. The average molecular weight is 281 g/mol. The van der Waals surface area contributed by atoms with Crippen LogP contribution in [0.3, 0.4) is 0 Å². The number of aliphatic carboxylic acids is 1. The molecule has 2 aliphatic rings. The van der Waals surface area contributed by atoms with Gasteiger partial charge in [-0.05, 0) is 62.1 Å². The number of phenols is 1. The van der Waals surface area contributed by atoms with E-state index in [0.717, 1.165) is 42.4 Å². The number of carboxylic acids is 1. The van der Waals surface area contributed by atoms with Gasteiger partial charge >= 0.3 is 5.97 Å². The monoisotopic (exact) mass is 280 g/mol. The first-order chi connectivity index (χ1) is 8.99. The molecule has 2 N–H and O–H groups in total. The van der Waals surface area contributed by atoms with E-state index in [-0.39, 0.29) is 5.75 Å². The molecule has 2 aliphatic carbocycles. The van der Waals surface area contributed by atoms with Crippen LogP contribution in [0.4, 0.5) is 0 Å². The molecule has 102 valence electrons. The topological polar surface area (TPSA) is 57.5 Å². The van der Waals surface area contributed by atoms with E-state index < -0.39 is 11.4 Å². The fourth-order valence-electron chi connectivity index (χ4n) is 3.42. The van der Waals surface area contributed by atoms with Crippen molar-refractivity contribution in [3.8, 4) is 5.75 Å². The third kappa shape index (κ3) is 1.68. The molecule has 0 saturated heterocycles. The first-order valence-electron chi connectivity index (χ1n) is 6.75. The van der Waals surface area contributed by atoms with Crippen molar-refractivity contribution in [2.24, 2.45) is 0 Å². The van der Waals surface area contributed by atoms with Crippen LogP contribution in [0.1, 0.15) is 47.9 Å². The summed E-state index contributed by atoms with van der Waals surface area (Å²) >= 11 is 6.28. The number of hydrogen-bond acceptors (Lipinski definition) is 2. The highest BCUT2D eigenvalue weighted by Crippen LogP contribution is 2.55. The summed E-state index contributed by atoms with van der Waals surface area (Å²) in [6, 6.07) is 0. The molecule has 0 spiro atoms. The van der Waals surface area contributed by atoms with Gasteiger partial charge in [0.2, 0.25) is 0 Å². The van der Waals surface area contributed by atoms with Crippen LogP contribution in [0.5, 0.6) is 5.75 Å². The van der Waals surface area contributed by atoms with E-state index in [1.54, 1.807) is 0 Å². The van der Waals surface area contributed by atoms with Crippen molar-refractivity contribution >= 4 is 17.6 Å². The van der Waals surface area contributed by atoms with Crippen molar-refractivity contribution in [2.75, 3.05) is 0 Å². The zero-order valence-corrected chi connectivity index (χ0v) is 11.7. The van der Waals surface area contributed by atoms with Crippen molar-refractivity contribution in [1.29, 1.82) is 0 Å². The average Bonchev–Trinajstić information content (AvgIpc) is 3.18. The Bertz CT molecular complexity index is 573. The minimum Gasteiger partial charge on any atom is -0.506 e. The Balaban J connectivity index is 2.26. The van der Waals surface area contributed by atoms with Gasteiger partial charge in [0.25, 0.3) is 0 Å². The van der Waals surface area contributed by atoms with Crippen molar-refractivity contribution in [3.05, 3.63) is 27.3 Å². The van der Waals surface area contributed by atoms with Crippen LogP contribution in [0.25, 0.3) is 0 Å². The first kappa shape index (κ1) is 12.8. The lowest BCUT2D eigenvalue weighted by Crippen LogP contribution is -2.22. The quantitative estimate of drug-likeness (QED) is 0.873. The predicted octanol–water partition coefficient (Wildman–Crippen LogP) is 3.35. The normalized spacial score (nSPS) is 19.9. The predicted molar refractivity (Wildman–Crippen MR) is 73.0 cm³/mol. The van der Waals surface area contributed by atoms with E-state index >= 15 is 0 Å². The molecule has 0 bridgehead atoms. The molecular weight excluding hydrogens is 264 g/mol. The summed E-state index contributed by atoms with van der Waals surface area (Å²) in [4.78, 5) is 11.5. The van der Waals surface area contributed by atoms with Gasteiger partial charge < -0.3 is 10.2 Å². The van der Waals surface area contributed by atoms with E-state index in [1.807, 2.05) is 6.92 Å². The van der Waals surface area contributed by atoms with E-state index in [0.29, 0.717) is 23.4 Å². The molecule has 0 amide bonds. The third-order valence-corrected chi connectivity index (χ3v) is 5.05. The Kier molecular flexibility index (Phi) is 2.79. The van der Waals surface area contributed by atoms with Crippen LogP contribution in [0.15, 0.2) is 0 Å². The minimum atomic E-state index is -0.899. The standard InChI is InChI=1S/C15H17ClO3/c1-8-9-4-2-3-5-10(9)12(16)13(17)11(8)15(6-7-15)14(18)19/h17H,2-7H2,1H3,(H,18,19). The van der Waals surface area contributed by atoms with Crippen molar-refractivity contribution in [2.45, 2.75) is 50.9 Å². The van der Waals surface area contributed by atoms with Gasteiger partial charge in [-0.25, -0.2) is 0 Å². The van der Waals surface area contributed by atoms with Gasteiger partial charge in [0, 0.05) is 5.56 Å². The highest BCUT2D eigenvalue weighted by molar-refractivity contribution is 6.33. The summed E-state index contributed by atoms with van der Waals surface area (Å²) < 4.78 is 0. The molecule has 19 heavy (non-hydrogen) atoms. The summed E-state index contributed by atoms with van der Waals surface area (Å²) in [5.74, 6) is -0.850. The molecular formula is C15H17ClO3. The lowest BCUT2D eigenvalue weighted by Gasteiger charge is -2.25. The Labute approximate surface area is 117 Å². The highest BCUT2D eigenvalue weighted by atomic mass is 35.5. The highest BCUT2D eigenvalue weighted by Gasteiger charge is 2.54. The molecule has 0 atom stereocenters. The van der Waals surface area contributed by atoms with Crippen molar-refractivity contribution < 1.29 is 15.0 Å². The Morgan fingerprint density at radius 2 is 1.79 bits per heavy atom. The van der Waals surface area contributed by atoms with Crippen LogP contribution < -0.4 is 0 Å². The first-order valence-corrected chi connectivity index (χ1v) is 7.13. The summed E-state index contributed by atoms with van der Waals surface area (Å²) in [5.41, 5.74) is 2.79. The molecule has 0 unspecified atom stereocenters. The summed E-state index contributed by atoms with van der Waals surface area (Å²) in [6.45, 7) is 1.93. The summed E-state index contributed by atoms with van der Waals surface area (Å²) in [5, 5.41) is 20.2. The SMILES string of the molecule is Cc1c2c(c(Cl)c(O)c1C1(C(=O)O)CC1)CCCC2. The van der Waals surface area contributed by atoms with Crippen molar-refractivity contribution in [1.82, 2.24) is 0 Å². The van der Waals surface area contributed by atoms with Gasteiger partial charge in [-0.15, -0.1) is 0 Å². The van der Waals surface area contributed by atoms with Crippen LogP contribution in [0, 0.1) is 6.92 Å². The van der Waals surface area contributed by atoms with E-state index in [4.69, 9.17) is 11.6 Å². The second-order valence-electron chi connectivity index (χ2n) is 5.71. The molecule has 1 fully saturated rings. The Hall–Kier alpha value is -1.22. The van der Waals surface area contributed by atoms with E-state index in [9.17, 15) is 15.0 Å². The number of aromatic hydroxyl groups is 1. The maximum absolute atomic E-state index is 11.5. The lowest BCUT2D eigenvalue weighted by molar-refractivity contribution is -0.140. The van der Waals surface area contributed by atoms with Gasteiger partial charge in [0.1, 0.15) is 5.75 Å². The molecule has 1 aromatic carbocycles. The molecule has 4 heteroatoms. The maximum atomic E-state index is 11.5. The van der Waals surface area contributed by atoms with Crippen LogP contribution in [-0.4, -0.2) is 16.2 Å². The number of fused-ring (bicyclic) bond motifs is 1. The molecule has 0 aromatic heterocycles. The van der Waals surface area contributed by atoms with Crippen LogP contribution in [0.2, 0.25) is 5.02 Å². The second-order valence-corrected chi connectivity index (χ2v) is 6.09. The molecule has 0 radical (unpaired) electrons. The second kappa shape index (κ2) is 4.14. The van der Waals surface area contributed by atoms with Crippen LogP contribution >= 0.6 is 11.6 Å². The number of hydrogen-bond donors (Lipinski definition) is 2. The number of benzene rings is 1. The number of halogens is 1. The van der Waals surface area contributed by atoms with Crippen molar-refractivity contribution in [3.63, 3.8) is 0 Å².